The smallest absolute Gasteiger partial charge is 0.375 e. The quantitative estimate of drug-likeness (QED) is 0.823. The van der Waals surface area contributed by atoms with Crippen molar-refractivity contribution in [2.75, 3.05) is 13.2 Å². The first-order valence-electron chi connectivity index (χ1n) is 8.33. The van der Waals surface area contributed by atoms with Crippen LogP contribution in [-0.2, 0) is 14.3 Å². The molecule has 8 heteroatoms. The number of nitrogens with two attached hydrogens (primary N) is 1. The van der Waals surface area contributed by atoms with Crippen LogP contribution in [-0.4, -0.2) is 41.9 Å². The highest BCUT2D eigenvalue weighted by atomic mass is 35.5. The van der Waals surface area contributed by atoms with Crippen molar-refractivity contribution in [2.45, 2.75) is 32.2 Å². The lowest BCUT2D eigenvalue weighted by Crippen LogP contribution is -2.51. The molecule has 26 heavy (non-hydrogen) atoms. The van der Waals surface area contributed by atoms with Crippen LogP contribution in [0.2, 0.25) is 5.02 Å². The number of likely N-dealkylation sites (tertiary alicyclic amines) is 1. The third-order valence-electron chi connectivity index (χ3n) is 4.56. The molecule has 7 nitrogen and oxygen atoms in total. The van der Waals surface area contributed by atoms with E-state index in [0.717, 1.165) is 12.8 Å². The molecule has 0 radical (unpaired) electrons. The van der Waals surface area contributed by atoms with Crippen molar-refractivity contribution in [1.29, 1.82) is 0 Å². The molecule has 0 bridgehead atoms. The van der Waals surface area contributed by atoms with E-state index < -0.39 is 30.4 Å². The van der Waals surface area contributed by atoms with Gasteiger partial charge in [0, 0.05) is 22.5 Å². The summed E-state index contributed by atoms with van der Waals surface area (Å²) in [5.41, 5.74) is 6.45. The molecule has 3 rings (SSSR count). The van der Waals surface area contributed by atoms with Crippen LogP contribution >= 0.6 is 11.6 Å². The third-order valence-corrected chi connectivity index (χ3v) is 4.80. The fourth-order valence-electron chi connectivity index (χ4n) is 3.19. The number of nitrogens with zero attached hydrogens (tertiary/aromatic N) is 1. The topological polar surface area (TPSA) is 103 Å². The van der Waals surface area contributed by atoms with Gasteiger partial charge in [-0.3, -0.25) is 9.59 Å². The summed E-state index contributed by atoms with van der Waals surface area (Å²) in [6.07, 6.45) is 2.14. The maximum atomic E-state index is 12.3. The van der Waals surface area contributed by atoms with Gasteiger partial charge < -0.3 is 19.8 Å². The first-order valence-corrected chi connectivity index (χ1v) is 8.71. The van der Waals surface area contributed by atoms with E-state index in [1.807, 2.05) is 0 Å². The predicted octanol–water partition coefficient (Wildman–Crippen LogP) is 2.42. The number of amides is 2. The molecule has 0 spiro atoms. The molecule has 2 amide bonds. The van der Waals surface area contributed by atoms with Crippen LogP contribution < -0.4 is 5.73 Å². The molecular formula is C18H19ClN2O5. The van der Waals surface area contributed by atoms with Crippen molar-refractivity contribution in [3.63, 3.8) is 0 Å². The van der Waals surface area contributed by atoms with E-state index in [-0.39, 0.29) is 5.76 Å². The van der Waals surface area contributed by atoms with E-state index in [9.17, 15) is 14.4 Å². The van der Waals surface area contributed by atoms with Gasteiger partial charge in [-0.1, -0.05) is 11.6 Å². The number of esters is 1. The Morgan fingerprint density at radius 3 is 2.85 bits per heavy atom. The van der Waals surface area contributed by atoms with Gasteiger partial charge in [0.25, 0.3) is 5.91 Å². The zero-order valence-electron chi connectivity index (χ0n) is 14.3. The molecule has 1 atom stereocenters. The molecule has 138 valence electrons. The zero-order chi connectivity index (χ0) is 18.8. The van der Waals surface area contributed by atoms with Gasteiger partial charge in [-0.25, -0.2) is 4.79 Å². The molecule has 0 saturated carbocycles. The third kappa shape index (κ3) is 3.53. The molecule has 0 unspecified atom stereocenters. The fourth-order valence-corrected chi connectivity index (χ4v) is 3.36. The van der Waals surface area contributed by atoms with E-state index >= 15 is 0 Å². The molecule has 1 aliphatic rings. The van der Waals surface area contributed by atoms with Gasteiger partial charge in [-0.05, 0) is 44.4 Å². The SMILES string of the molecule is Cc1c(C(=O)OCC(=O)N2CCCC[C@H]2C(N)=O)oc2ccc(Cl)cc12. The number of carbonyl (C=O) groups excluding carboxylic acids is 3. The Kier molecular flexibility index (Phi) is 5.18. The second-order valence-corrected chi connectivity index (χ2v) is 6.71. The second-order valence-electron chi connectivity index (χ2n) is 6.27. The van der Waals surface area contributed by atoms with Crippen molar-refractivity contribution in [2.24, 2.45) is 5.73 Å². The number of rotatable bonds is 4. The normalized spacial score (nSPS) is 17.3. The molecule has 2 aromatic rings. The van der Waals surface area contributed by atoms with Crippen LogP contribution in [0.25, 0.3) is 11.0 Å². The minimum atomic E-state index is -0.740. The Bertz CT molecular complexity index is 876. The van der Waals surface area contributed by atoms with Crippen LogP contribution in [0.5, 0.6) is 0 Å². The number of benzene rings is 1. The molecule has 1 saturated heterocycles. The van der Waals surface area contributed by atoms with Gasteiger partial charge in [0.2, 0.25) is 11.7 Å². The number of fused-ring (bicyclic) bond motifs is 1. The maximum absolute atomic E-state index is 12.3. The average molecular weight is 379 g/mol. The molecule has 0 aliphatic carbocycles. The van der Waals surface area contributed by atoms with E-state index in [2.05, 4.69) is 0 Å². The predicted molar refractivity (Wildman–Crippen MR) is 94.8 cm³/mol. The Morgan fingerprint density at radius 1 is 1.35 bits per heavy atom. The van der Waals surface area contributed by atoms with Gasteiger partial charge >= 0.3 is 5.97 Å². The van der Waals surface area contributed by atoms with E-state index in [1.54, 1.807) is 25.1 Å². The molecular weight excluding hydrogens is 360 g/mol. The van der Waals surface area contributed by atoms with E-state index in [1.165, 1.54) is 4.90 Å². The van der Waals surface area contributed by atoms with Crippen molar-refractivity contribution in [3.8, 4) is 0 Å². The van der Waals surface area contributed by atoms with Gasteiger partial charge in [-0.2, -0.15) is 0 Å². The van der Waals surface area contributed by atoms with Crippen LogP contribution in [0.3, 0.4) is 0 Å². The van der Waals surface area contributed by atoms with Gasteiger partial charge in [0.15, 0.2) is 6.61 Å². The van der Waals surface area contributed by atoms with Crippen molar-refractivity contribution in [1.82, 2.24) is 4.90 Å². The highest BCUT2D eigenvalue weighted by Crippen LogP contribution is 2.28. The molecule has 1 fully saturated rings. The highest BCUT2D eigenvalue weighted by molar-refractivity contribution is 6.31. The monoisotopic (exact) mass is 378 g/mol. The molecule has 2 heterocycles. The minimum absolute atomic E-state index is 0.0279. The lowest BCUT2D eigenvalue weighted by atomic mass is 10.0. The van der Waals surface area contributed by atoms with Gasteiger partial charge in [0.05, 0.1) is 0 Å². The summed E-state index contributed by atoms with van der Waals surface area (Å²) in [4.78, 5) is 37.5. The summed E-state index contributed by atoms with van der Waals surface area (Å²) in [6.45, 7) is 1.67. The summed E-state index contributed by atoms with van der Waals surface area (Å²) in [7, 11) is 0. The maximum Gasteiger partial charge on any atom is 0.375 e. The van der Waals surface area contributed by atoms with Crippen LogP contribution in [0.1, 0.15) is 35.4 Å². The molecule has 1 aliphatic heterocycles. The Labute approximate surface area is 155 Å². The summed E-state index contributed by atoms with van der Waals surface area (Å²) in [5, 5.41) is 1.24. The van der Waals surface area contributed by atoms with Crippen LogP contribution in [0, 0.1) is 6.92 Å². The van der Waals surface area contributed by atoms with Crippen molar-refractivity contribution < 1.29 is 23.5 Å². The average Bonchev–Trinajstić information content (AvgIpc) is 2.95. The number of primary amides is 1. The Morgan fingerprint density at radius 2 is 2.12 bits per heavy atom. The summed E-state index contributed by atoms with van der Waals surface area (Å²) < 4.78 is 10.6. The number of hydrogen-bond acceptors (Lipinski definition) is 5. The molecule has 2 N–H and O–H groups in total. The number of halogens is 1. The summed E-state index contributed by atoms with van der Waals surface area (Å²) in [5.74, 6) is -1.70. The fraction of sp³-hybridized carbons (Fsp3) is 0.389. The first-order chi connectivity index (χ1) is 12.4. The largest absolute Gasteiger partial charge is 0.450 e. The Hall–Kier alpha value is -2.54. The van der Waals surface area contributed by atoms with Crippen molar-refractivity contribution in [3.05, 3.63) is 34.5 Å². The number of aryl methyl sites for hydroxylation is 1. The lowest BCUT2D eigenvalue weighted by molar-refractivity contribution is -0.143. The standard InChI is InChI=1S/C18H19ClN2O5/c1-10-12-8-11(19)5-6-14(12)26-16(10)18(24)25-9-15(22)21-7-3-2-4-13(21)17(20)23/h5-6,8,13H,2-4,7,9H2,1H3,(H2,20,23)/t13-/m0/s1. The molecule has 1 aromatic heterocycles. The number of piperidine rings is 1. The van der Waals surface area contributed by atoms with Crippen LogP contribution in [0.15, 0.2) is 22.6 Å². The number of carbonyl (C=O) groups is 3. The second kappa shape index (κ2) is 7.37. The molecule has 1 aromatic carbocycles. The number of hydrogen-bond donors (Lipinski definition) is 1. The number of furan rings is 1. The van der Waals surface area contributed by atoms with Gasteiger partial charge in [0.1, 0.15) is 11.6 Å². The van der Waals surface area contributed by atoms with Crippen molar-refractivity contribution >= 4 is 40.4 Å². The minimum Gasteiger partial charge on any atom is -0.450 e. The summed E-state index contributed by atoms with van der Waals surface area (Å²) >= 11 is 5.96. The number of ether oxygens (including phenoxy) is 1. The zero-order valence-corrected chi connectivity index (χ0v) is 15.0. The first kappa shape index (κ1) is 18.3. The lowest BCUT2D eigenvalue weighted by Gasteiger charge is -2.33. The van der Waals surface area contributed by atoms with Crippen LogP contribution in [0.4, 0.5) is 0 Å². The Balaban J connectivity index is 1.69. The van der Waals surface area contributed by atoms with E-state index in [4.69, 9.17) is 26.5 Å². The van der Waals surface area contributed by atoms with Gasteiger partial charge in [-0.15, -0.1) is 0 Å². The summed E-state index contributed by atoms with van der Waals surface area (Å²) in [6, 6.07) is 4.37. The highest BCUT2D eigenvalue weighted by Gasteiger charge is 2.31. The van der Waals surface area contributed by atoms with E-state index in [0.29, 0.717) is 34.5 Å².